The van der Waals surface area contributed by atoms with E-state index in [1.54, 1.807) is 0 Å². The summed E-state index contributed by atoms with van der Waals surface area (Å²) in [5.74, 6) is 0.759. The summed E-state index contributed by atoms with van der Waals surface area (Å²) in [6, 6.07) is 1.19. The van der Waals surface area contributed by atoms with Crippen LogP contribution in [-0.4, -0.2) is 22.7 Å². The lowest BCUT2D eigenvalue weighted by Crippen LogP contribution is -2.01. The van der Waals surface area contributed by atoms with Gasteiger partial charge in [0.05, 0.1) is 13.2 Å². The maximum Gasteiger partial charge on any atom is 0.277 e. The van der Waals surface area contributed by atoms with Crippen LogP contribution in [0.5, 0.6) is 0 Å². The van der Waals surface area contributed by atoms with E-state index in [0.29, 0.717) is 13.2 Å². The van der Waals surface area contributed by atoms with Crippen molar-refractivity contribution in [2.24, 2.45) is 0 Å². The molecule has 2 nitrogen and oxygen atoms in total. The van der Waals surface area contributed by atoms with E-state index in [1.165, 1.54) is 11.6 Å². The molecule has 0 aliphatic heterocycles. The fourth-order valence-corrected chi connectivity index (χ4v) is 1.98. The zero-order chi connectivity index (χ0) is 9.40. The average molecular weight is 188 g/mol. The molecule has 3 heteroatoms. The summed E-state index contributed by atoms with van der Waals surface area (Å²) < 4.78 is 10.8. The van der Waals surface area contributed by atoms with E-state index in [4.69, 9.17) is 9.47 Å². The average Bonchev–Trinajstić information content (AvgIpc) is 2.04. The lowest BCUT2D eigenvalue weighted by molar-refractivity contribution is 0.0429. The molecule has 0 aliphatic rings. The first kappa shape index (κ1) is 11.6. The van der Waals surface area contributed by atoms with Crippen LogP contribution in [0.25, 0.3) is 0 Å². The fourth-order valence-electron chi connectivity index (χ4n) is 1.03. The highest BCUT2D eigenvalue weighted by molar-refractivity contribution is 6.34. The van der Waals surface area contributed by atoms with E-state index in [-0.39, 0.29) is 9.52 Å². The molecule has 0 rings (SSSR count). The maximum absolute atomic E-state index is 5.38. The molecule has 0 aliphatic carbocycles. The Morgan fingerprint density at radius 1 is 1.17 bits per heavy atom. The van der Waals surface area contributed by atoms with Crippen LogP contribution in [0.4, 0.5) is 0 Å². The van der Waals surface area contributed by atoms with Crippen molar-refractivity contribution in [1.29, 1.82) is 0 Å². The molecule has 0 saturated heterocycles. The van der Waals surface area contributed by atoms with Crippen molar-refractivity contribution in [3.63, 3.8) is 0 Å². The second-order valence-electron chi connectivity index (χ2n) is 2.68. The Kier molecular flexibility index (Phi) is 6.95. The monoisotopic (exact) mass is 188 g/mol. The molecular formula is C9H20O2Si. The minimum atomic E-state index is 0.0719. The number of rotatable bonds is 6. The lowest BCUT2D eigenvalue weighted by Gasteiger charge is -2.11. The highest BCUT2D eigenvalue weighted by atomic mass is 28.2. The second kappa shape index (κ2) is 7.22. The topological polar surface area (TPSA) is 18.5 Å². The summed E-state index contributed by atoms with van der Waals surface area (Å²) in [5, 5.41) is 0. The number of hydrogen-bond donors (Lipinski definition) is 0. The first-order chi connectivity index (χ1) is 5.76. The minimum Gasteiger partial charge on any atom is -0.466 e. The smallest absolute Gasteiger partial charge is 0.277 e. The highest BCUT2D eigenvalue weighted by Crippen LogP contribution is 2.11. The van der Waals surface area contributed by atoms with Crippen LogP contribution in [0.15, 0.2) is 11.5 Å². The van der Waals surface area contributed by atoms with Crippen LogP contribution in [-0.2, 0) is 9.47 Å². The Bertz CT molecular complexity index is 135. The van der Waals surface area contributed by atoms with Gasteiger partial charge in [0.1, 0.15) is 0 Å². The van der Waals surface area contributed by atoms with Crippen LogP contribution < -0.4 is 0 Å². The van der Waals surface area contributed by atoms with Crippen LogP contribution in [0.3, 0.4) is 0 Å². The molecule has 0 saturated carbocycles. The second-order valence-corrected chi connectivity index (χ2v) is 4.18. The Hall–Kier alpha value is -0.443. The van der Waals surface area contributed by atoms with Gasteiger partial charge < -0.3 is 9.47 Å². The summed E-state index contributed by atoms with van der Waals surface area (Å²) in [7, 11) is 0.0719. The quantitative estimate of drug-likeness (QED) is 0.468. The Labute approximate surface area is 77.8 Å². The van der Waals surface area contributed by atoms with Gasteiger partial charge in [-0.15, -0.1) is 0 Å². The van der Waals surface area contributed by atoms with Gasteiger partial charge in [-0.25, -0.2) is 0 Å². The van der Waals surface area contributed by atoms with E-state index in [9.17, 15) is 0 Å². The Morgan fingerprint density at radius 3 is 2.00 bits per heavy atom. The van der Waals surface area contributed by atoms with Crippen LogP contribution in [0.1, 0.15) is 20.8 Å². The fraction of sp³-hybridized carbons (Fsp3) is 0.778. The molecule has 0 fully saturated rings. The van der Waals surface area contributed by atoms with Crippen LogP contribution in [0.2, 0.25) is 12.6 Å². The standard InChI is InChI=1S/C9H20O2Si/c1-5-10-9(11-6-2)8(3)7-12-4/h5-7,12H2,1-4H3. The minimum absolute atomic E-state index is 0.0719. The zero-order valence-corrected chi connectivity index (χ0v) is 10.1. The zero-order valence-electron chi connectivity index (χ0n) is 8.64. The molecular weight excluding hydrogens is 168 g/mol. The molecule has 0 radical (unpaired) electrons. The molecule has 0 atom stereocenters. The SMILES string of the molecule is CCOC(OCC)=C(C)C[SiH2]C. The normalized spacial score (nSPS) is 10.3. The highest BCUT2D eigenvalue weighted by Gasteiger charge is 2.02. The first-order valence-corrected chi connectivity index (χ1v) is 7.12. The molecule has 0 aromatic rings. The van der Waals surface area contributed by atoms with E-state index in [2.05, 4.69) is 13.5 Å². The molecule has 0 N–H and O–H groups in total. The van der Waals surface area contributed by atoms with Gasteiger partial charge in [-0.1, -0.05) is 6.55 Å². The summed E-state index contributed by atoms with van der Waals surface area (Å²) >= 11 is 0. The summed E-state index contributed by atoms with van der Waals surface area (Å²) in [6.07, 6.45) is 0. The Morgan fingerprint density at radius 2 is 1.67 bits per heavy atom. The van der Waals surface area contributed by atoms with Gasteiger partial charge >= 0.3 is 0 Å². The van der Waals surface area contributed by atoms with Crippen molar-refractivity contribution in [1.82, 2.24) is 0 Å². The number of hydrogen-bond acceptors (Lipinski definition) is 2. The molecule has 0 spiro atoms. The molecule has 72 valence electrons. The van der Waals surface area contributed by atoms with Gasteiger partial charge in [0, 0.05) is 15.1 Å². The van der Waals surface area contributed by atoms with Crippen LogP contribution >= 0.6 is 0 Å². The van der Waals surface area contributed by atoms with E-state index >= 15 is 0 Å². The molecule has 0 heterocycles. The van der Waals surface area contributed by atoms with Gasteiger partial charge in [-0.3, -0.25) is 0 Å². The van der Waals surface area contributed by atoms with E-state index in [1.807, 2.05) is 13.8 Å². The molecule has 0 amide bonds. The first-order valence-electron chi connectivity index (χ1n) is 4.71. The van der Waals surface area contributed by atoms with Crippen molar-refractivity contribution in [2.75, 3.05) is 13.2 Å². The summed E-state index contributed by atoms with van der Waals surface area (Å²) in [4.78, 5) is 0. The number of allylic oxidation sites excluding steroid dienone is 1. The Balaban J connectivity index is 4.11. The van der Waals surface area contributed by atoms with Gasteiger partial charge in [0.25, 0.3) is 5.95 Å². The van der Waals surface area contributed by atoms with Gasteiger partial charge in [0.15, 0.2) is 0 Å². The molecule has 0 aromatic carbocycles. The van der Waals surface area contributed by atoms with Crippen molar-refractivity contribution in [3.8, 4) is 0 Å². The maximum atomic E-state index is 5.38. The van der Waals surface area contributed by atoms with E-state index < -0.39 is 0 Å². The number of ether oxygens (including phenoxy) is 2. The molecule has 0 bridgehead atoms. The summed E-state index contributed by atoms with van der Waals surface area (Å²) in [6.45, 7) is 9.73. The molecule has 0 unspecified atom stereocenters. The van der Waals surface area contributed by atoms with Gasteiger partial charge in [-0.05, 0) is 26.8 Å². The van der Waals surface area contributed by atoms with Crippen LogP contribution in [0, 0.1) is 0 Å². The van der Waals surface area contributed by atoms with Gasteiger partial charge in [0.2, 0.25) is 0 Å². The third-order valence-corrected chi connectivity index (χ3v) is 2.77. The largest absolute Gasteiger partial charge is 0.466 e. The summed E-state index contributed by atoms with van der Waals surface area (Å²) in [5.41, 5.74) is 1.27. The van der Waals surface area contributed by atoms with Crippen molar-refractivity contribution < 1.29 is 9.47 Å². The van der Waals surface area contributed by atoms with Crippen molar-refractivity contribution in [3.05, 3.63) is 11.5 Å². The predicted molar refractivity (Wildman–Crippen MR) is 55.2 cm³/mol. The molecule has 12 heavy (non-hydrogen) atoms. The third kappa shape index (κ3) is 4.44. The van der Waals surface area contributed by atoms with Crippen molar-refractivity contribution in [2.45, 2.75) is 33.4 Å². The predicted octanol–water partition coefficient (Wildman–Crippen LogP) is 1.93. The lowest BCUT2D eigenvalue weighted by atomic mass is 10.4. The van der Waals surface area contributed by atoms with E-state index in [0.717, 1.165) is 5.95 Å². The third-order valence-electron chi connectivity index (χ3n) is 1.52. The molecule has 0 aromatic heterocycles. The van der Waals surface area contributed by atoms with Crippen molar-refractivity contribution >= 4 is 9.52 Å². The van der Waals surface area contributed by atoms with Gasteiger partial charge in [-0.2, -0.15) is 0 Å².